The molecule has 9 nitrogen and oxygen atoms in total. The lowest BCUT2D eigenvalue weighted by Gasteiger charge is -2.17. The van der Waals surface area contributed by atoms with Crippen LogP contribution < -0.4 is 29.8 Å². The minimum Gasteiger partial charge on any atom is -0.486 e. The van der Waals surface area contributed by atoms with Gasteiger partial charge in [0.1, 0.15) is 12.2 Å². The summed E-state index contributed by atoms with van der Waals surface area (Å²) >= 11 is 1.78. The van der Waals surface area contributed by atoms with Crippen molar-refractivity contribution in [2.75, 3.05) is 23.0 Å². The lowest BCUT2D eigenvalue weighted by Crippen LogP contribution is -2.17. The number of thioether (sulfide) groups is 1. The van der Waals surface area contributed by atoms with Crippen LogP contribution in [-0.4, -0.2) is 61.8 Å². The van der Waals surface area contributed by atoms with Gasteiger partial charge in [-0.1, -0.05) is 12.1 Å². The Balaban J connectivity index is 0.000000211. The molecule has 6 rings (SSSR count). The minimum absolute atomic E-state index is 0.00212. The zero-order valence-electron chi connectivity index (χ0n) is 30.7. The first-order chi connectivity index (χ1) is 26.2. The van der Waals surface area contributed by atoms with Crippen molar-refractivity contribution in [3.05, 3.63) is 115 Å². The Bertz CT molecular complexity index is 2110. The Labute approximate surface area is 323 Å². The first-order valence-electron chi connectivity index (χ1n) is 17.4. The van der Waals surface area contributed by atoms with E-state index in [1.807, 2.05) is 49.1 Å². The predicted molar refractivity (Wildman–Crippen MR) is 210 cm³/mol. The van der Waals surface area contributed by atoms with Crippen molar-refractivity contribution in [1.82, 2.24) is 9.13 Å². The van der Waals surface area contributed by atoms with E-state index in [0.717, 1.165) is 46.3 Å². The summed E-state index contributed by atoms with van der Waals surface area (Å²) in [5.41, 5.74) is 4.60. The summed E-state index contributed by atoms with van der Waals surface area (Å²) in [6.07, 6.45) is 8.46. The van der Waals surface area contributed by atoms with Crippen LogP contribution in [0.1, 0.15) is 46.7 Å². The Morgan fingerprint density at radius 2 is 1.13 bits per heavy atom. The van der Waals surface area contributed by atoms with E-state index in [1.165, 1.54) is 24.3 Å². The van der Waals surface area contributed by atoms with E-state index in [-0.39, 0.29) is 40.3 Å². The molecule has 4 heterocycles. The Morgan fingerprint density at radius 3 is 1.51 bits per heavy atom. The van der Waals surface area contributed by atoms with Crippen LogP contribution in [0.3, 0.4) is 0 Å². The molecule has 15 heteroatoms. The lowest BCUT2D eigenvalue weighted by molar-refractivity contribution is -0.0525. The van der Waals surface area contributed by atoms with Gasteiger partial charge in [-0.05, 0) is 93.8 Å². The molecule has 0 amide bonds. The summed E-state index contributed by atoms with van der Waals surface area (Å²) in [6.45, 7) is 1.49. The number of alkyl halides is 4. The molecular formula is C40H42F4N2O7S2. The molecule has 2 aliphatic rings. The van der Waals surface area contributed by atoms with Gasteiger partial charge >= 0.3 is 13.2 Å². The number of ether oxygens (including phenoxy) is 4. The number of aryl methyl sites for hydroxylation is 4. The second kappa shape index (κ2) is 19.2. The topological polar surface area (TPSA) is 98.0 Å². The number of halogens is 4. The van der Waals surface area contributed by atoms with Crippen LogP contribution in [0.4, 0.5) is 17.6 Å². The van der Waals surface area contributed by atoms with Gasteiger partial charge in [-0.3, -0.25) is 13.8 Å². The Hall–Kier alpha value is -4.76. The smallest absolute Gasteiger partial charge is 0.387 e. The molecule has 294 valence electrons. The molecule has 0 radical (unpaired) electrons. The molecule has 2 saturated heterocycles. The van der Waals surface area contributed by atoms with E-state index in [2.05, 4.69) is 9.47 Å². The van der Waals surface area contributed by atoms with E-state index in [9.17, 15) is 31.4 Å². The van der Waals surface area contributed by atoms with Crippen LogP contribution >= 0.6 is 11.8 Å². The largest absolute Gasteiger partial charge is 0.486 e. The van der Waals surface area contributed by atoms with Crippen molar-refractivity contribution in [1.29, 1.82) is 0 Å². The van der Waals surface area contributed by atoms with E-state index in [0.29, 0.717) is 29.2 Å². The van der Waals surface area contributed by atoms with Crippen molar-refractivity contribution in [2.45, 2.75) is 66.0 Å². The quantitative estimate of drug-likeness (QED) is 0.133. The first-order valence-corrected chi connectivity index (χ1v) is 20.1. The second-order valence-corrected chi connectivity index (χ2v) is 15.7. The maximum Gasteiger partial charge on any atom is 0.387 e. The van der Waals surface area contributed by atoms with Crippen molar-refractivity contribution >= 4 is 47.1 Å². The van der Waals surface area contributed by atoms with Crippen LogP contribution in [0.15, 0.2) is 70.3 Å². The lowest BCUT2D eigenvalue weighted by atomic mass is 10.2. The molecule has 2 aliphatic heterocycles. The molecule has 0 N–H and O–H groups in total. The van der Waals surface area contributed by atoms with E-state index in [4.69, 9.17) is 9.47 Å². The first kappa shape index (κ1) is 41.4. The van der Waals surface area contributed by atoms with Crippen LogP contribution in [0, 0.1) is 27.7 Å². The molecule has 2 aromatic heterocycles. The third-order valence-corrected chi connectivity index (χ3v) is 11.2. The summed E-state index contributed by atoms with van der Waals surface area (Å²) in [5, 5.41) is 0. The van der Waals surface area contributed by atoms with Crippen LogP contribution in [0.5, 0.6) is 23.0 Å². The molecule has 0 bridgehead atoms. The van der Waals surface area contributed by atoms with Gasteiger partial charge in [-0.25, -0.2) is 0 Å². The molecule has 55 heavy (non-hydrogen) atoms. The highest BCUT2D eigenvalue weighted by Gasteiger charge is 2.25. The third-order valence-electron chi connectivity index (χ3n) is 8.64. The maximum atomic E-state index is 12.7. The fourth-order valence-corrected chi connectivity index (χ4v) is 8.49. The Morgan fingerprint density at radius 1 is 0.673 bits per heavy atom. The normalized spacial score (nSPS) is 18.3. The zero-order valence-corrected chi connectivity index (χ0v) is 32.3. The SMILES string of the molecule is Cc1cc(=O)cc(C)n1/C=C/c1ccc(OC(F)F)c(O[C@H]2CCS(=O)C2)c1.Cc1cc(=O)cc(C)n1/C=C/c1ccc(OC(F)F)c(O[C@H]2CCSC2)c1. The molecule has 2 aromatic carbocycles. The monoisotopic (exact) mass is 802 g/mol. The highest BCUT2D eigenvalue weighted by molar-refractivity contribution is 7.99. The van der Waals surface area contributed by atoms with Crippen LogP contribution in [-0.2, 0) is 10.8 Å². The summed E-state index contributed by atoms with van der Waals surface area (Å²) < 4.78 is 86.9. The second-order valence-electron chi connectivity index (χ2n) is 12.9. The molecule has 3 atom stereocenters. The van der Waals surface area contributed by atoms with Crippen molar-refractivity contribution in [3.63, 3.8) is 0 Å². The van der Waals surface area contributed by atoms with Gasteiger partial charge in [0.2, 0.25) is 0 Å². The van der Waals surface area contributed by atoms with Gasteiger partial charge in [0.15, 0.2) is 33.9 Å². The molecule has 0 spiro atoms. The molecule has 2 fully saturated rings. The summed E-state index contributed by atoms with van der Waals surface area (Å²) in [6, 6.07) is 15.8. The van der Waals surface area contributed by atoms with E-state index < -0.39 is 24.0 Å². The van der Waals surface area contributed by atoms with Crippen molar-refractivity contribution in [2.24, 2.45) is 0 Å². The fraction of sp³-hybridized carbons (Fsp3) is 0.350. The zero-order chi connectivity index (χ0) is 39.6. The molecule has 0 aliphatic carbocycles. The van der Waals surface area contributed by atoms with E-state index in [1.54, 1.807) is 60.4 Å². The average Bonchev–Trinajstić information content (AvgIpc) is 3.77. The van der Waals surface area contributed by atoms with Gasteiger partial charge in [0, 0.05) is 81.7 Å². The average molecular weight is 803 g/mol. The van der Waals surface area contributed by atoms with Gasteiger partial charge in [0.05, 0.1) is 5.75 Å². The van der Waals surface area contributed by atoms with Crippen LogP contribution in [0.2, 0.25) is 0 Å². The standard InChI is InChI=1S/C20H21F2NO4S.C20H21F2NO3S/c1-13-9-16(24)10-14(2)23(13)7-5-15-3-4-18(27-20(21)22)19(11-15)26-17-6-8-28(25)12-17;1-13-9-16(24)10-14(2)23(13)7-5-15-3-4-18(26-20(21)22)19(11-15)25-17-6-8-27-12-17/h3-5,7,9-11,17,20H,6,8,12H2,1-2H3;3-5,7,9-11,17,20H,6,8,12H2,1-2H3/b2*7-5+/t17-,28?;17-/m00/s1. The number of aromatic nitrogens is 2. The Kier molecular flexibility index (Phi) is 14.5. The molecule has 4 aromatic rings. The third kappa shape index (κ3) is 12.1. The van der Waals surface area contributed by atoms with Crippen molar-refractivity contribution < 1.29 is 40.7 Å². The van der Waals surface area contributed by atoms with Crippen LogP contribution in [0.25, 0.3) is 24.6 Å². The fourth-order valence-electron chi connectivity index (χ4n) is 6.06. The van der Waals surface area contributed by atoms with Gasteiger partial charge in [-0.15, -0.1) is 0 Å². The molecule has 1 unspecified atom stereocenters. The van der Waals surface area contributed by atoms with Gasteiger partial charge < -0.3 is 28.1 Å². The highest BCUT2D eigenvalue weighted by Crippen LogP contribution is 2.34. The number of hydrogen-bond donors (Lipinski definition) is 0. The van der Waals surface area contributed by atoms with E-state index >= 15 is 0 Å². The summed E-state index contributed by atoms with van der Waals surface area (Å²) in [5.74, 6) is 3.25. The predicted octanol–water partition coefficient (Wildman–Crippen LogP) is 8.17. The van der Waals surface area contributed by atoms with Gasteiger partial charge in [-0.2, -0.15) is 29.3 Å². The molecule has 0 saturated carbocycles. The number of nitrogens with zero attached hydrogens (tertiary/aromatic N) is 2. The minimum atomic E-state index is -2.96. The molecular weight excluding hydrogens is 761 g/mol. The summed E-state index contributed by atoms with van der Waals surface area (Å²) in [7, 11) is -0.942. The number of hydrogen-bond acceptors (Lipinski definition) is 8. The number of pyridine rings is 2. The van der Waals surface area contributed by atoms with Crippen molar-refractivity contribution in [3.8, 4) is 23.0 Å². The number of benzene rings is 2. The van der Waals surface area contributed by atoms with Gasteiger partial charge in [0.25, 0.3) is 0 Å². The summed E-state index contributed by atoms with van der Waals surface area (Å²) in [4.78, 5) is 23.1. The number of rotatable bonds is 12. The maximum absolute atomic E-state index is 12.7. The highest BCUT2D eigenvalue weighted by atomic mass is 32.2.